The van der Waals surface area contributed by atoms with Crippen molar-refractivity contribution < 1.29 is 48.0 Å². The van der Waals surface area contributed by atoms with Gasteiger partial charge in [0.25, 0.3) is 11.8 Å². The Balaban J connectivity index is 1.49. The van der Waals surface area contributed by atoms with Crippen LogP contribution in [0.5, 0.6) is 5.75 Å². The third-order valence-electron chi connectivity index (χ3n) is 7.72. The maximum Gasteiger partial charge on any atom is 0.339 e. The minimum absolute atomic E-state index is 0.0725. The Morgan fingerprint density at radius 2 is 1.88 bits per heavy atom. The number of fused-ring (bicyclic) bond motifs is 2. The van der Waals surface area contributed by atoms with E-state index < -0.39 is 53.7 Å². The number of epoxide rings is 1. The maximum absolute atomic E-state index is 13.8. The Morgan fingerprint density at radius 3 is 2.51 bits per heavy atom. The van der Waals surface area contributed by atoms with Crippen LogP contribution in [0.4, 0.5) is 0 Å². The normalized spacial score (nSPS) is 25.3. The summed E-state index contributed by atoms with van der Waals surface area (Å²) in [4.78, 5) is 65.8. The zero-order valence-corrected chi connectivity index (χ0v) is 24.4. The number of esters is 2. The fraction of sp³-hybridized carbons (Fsp3) is 0.433. The number of ether oxygens (including phenoxy) is 4. The number of aryl methyl sites for hydroxylation is 1. The summed E-state index contributed by atoms with van der Waals surface area (Å²) in [6.07, 6.45) is -3.89. The van der Waals surface area contributed by atoms with Crippen molar-refractivity contribution in [3.63, 3.8) is 0 Å². The van der Waals surface area contributed by atoms with Crippen LogP contribution in [0, 0.1) is 6.92 Å². The number of ketones is 1. The quantitative estimate of drug-likeness (QED) is 0.198. The molecule has 0 saturated carbocycles. The molecule has 3 aliphatic rings. The molecule has 0 unspecified atom stereocenters. The highest BCUT2D eigenvalue weighted by Crippen LogP contribution is 2.42. The molecular formula is C30H33N3O10. The molecule has 0 radical (unpaired) electrons. The molecule has 0 aliphatic carbocycles. The lowest BCUT2D eigenvalue weighted by Gasteiger charge is -2.25. The summed E-state index contributed by atoms with van der Waals surface area (Å²) in [5, 5.41) is 17.0. The van der Waals surface area contributed by atoms with E-state index in [2.05, 4.69) is 10.6 Å². The molecule has 0 spiro atoms. The standard InChI is InChI=1S/C30H33N3O10/c1-14-7-6-8-18-19(14)9-17(40-5)10-20(18)29(39)43-26(30(4)13-41-30)28(38)32-22(27(37)31-11-15(2)34)23-25(42-16(3)35)24(36)21-12-33(21)23/h6-10,21,24-26,36H,11-13H2,1-5H3,(H,31,37)(H,32,38)/b23-22+/t21-,24+,25+,26+,30-,33?/m0/s1. The summed E-state index contributed by atoms with van der Waals surface area (Å²) in [5.41, 5.74) is -0.395. The molecule has 228 valence electrons. The van der Waals surface area contributed by atoms with Crippen molar-refractivity contribution in [2.45, 2.75) is 57.6 Å². The van der Waals surface area contributed by atoms with Crippen LogP contribution >= 0.6 is 0 Å². The lowest BCUT2D eigenvalue weighted by Crippen LogP contribution is -2.49. The number of benzene rings is 2. The van der Waals surface area contributed by atoms with E-state index in [0.29, 0.717) is 17.7 Å². The average Bonchev–Trinajstić information content (AvgIpc) is 3.88. The van der Waals surface area contributed by atoms with E-state index in [1.54, 1.807) is 30.0 Å². The van der Waals surface area contributed by atoms with Crippen LogP contribution < -0.4 is 15.4 Å². The molecule has 13 heteroatoms. The minimum Gasteiger partial charge on any atom is -0.497 e. The van der Waals surface area contributed by atoms with Crippen molar-refractivity contribution in [1.82, 2.24) is 15.5 Å². The summed E-state index contributed by atoms with van der Waals surface area (Å²) < 4.78 is 22.0. The third-order valence-corrected chi connectivity index (χ3v) is 7.72. The number of hydrogen-bond donors (Lipinski definition) is 3. The summed E-state index contributed by atoms with van der Waals surface area (Å²) in [6, 6.07) is 8.33. The largest absolute Gasteiger partial charge is 0.497 e. The summed E-state index contributed by atoms with van der Waals surface area (Å²) in [7, 11) is 1.47. The smallest absolute Gasteiger partial charge is 0.339 e. The first kappa shape index (κ1) is 30.0. The van der Waals surface area contributed by atoms with Crippen LogP contribution in [0.1, 0.15) is 36.7 Å². The number of aliphatic hydroxyl groups is 1. The predicted octanol–water partition coefficient (Wildman–Crippen LogP) is 0.495. The third kappa shape index (κ3) is 5.90. The number of Topliss-reactive ketones (excluding diaryl/α,β-unsaturated/α-hetero) is 1. The highest BCUT2D eigenvalue weighted by atomic mass is 16.6. The molecule has 0 bridgehead atoms. The minimum atomic E-state index is -1.51. The monoisotopic (exact) mass is 595 g/mol. The molecule has 13 nitrogen and oxygen atoms in total. The van der Waals surface area contributed by atoms with Gasteiger partial charge >= 0.3 is 11.9 Å². The molecule has 43 heavy (non-hydrogen) atoms. The van der Waals surface area contributed by atoms with Crippen LogP contribution in [-0.4, -0.2) is 96.3 Å². The molecule has 3 saturated heterocycles. The van der Waals surface area contributed by atoms with E-state index in [-0.39, 0.29) is 35.9 Å². The molecule has 3 N–H and O–H groups in total. The Labute approximate surface area is 247 Å². The van der Waals surface area contributed by atoms with Gasteiger partial charge in [0.1, 0.15) is 28.9 Å². The van der Waals surface area contributed by atoms with Crippen LogP contribution in [0.3, 0.4) is 0 Å². The molecule has 5 rings (SSSR count). The van der Waals surface area contributed by atoms with Gasteiger partial charge < -0.3 is 39.6 Å². The number of carbonyl (C=O) groups excluding carboxylic acids is 5. The molecule has 2 amide bonds. The van der Waals surface area contributed by atoms with Gasteiger partial charge in [0, 0.05) is 13.5 Å². The summed E-state index contributed by atoms with van der Waals surface area (Å²) in [6.45, 7) is 6.03. The molecule has 3 fully saturated rings. The fourth-order valence-corrected chi connectivity index (χ4v) is 5.25. The molecule has 2 aromatic carbocycles. The van der Waals surface area contributed by atoms with Gasteiger partial charge in [0.2, 0.25) is 6.10 Å². The zero-order chi connectivity index (χ0) is 31.2. The molecule has 0 aromatic heterocycles. The summed E-state index contributed by atoms with van der Waals surface area (Å²) in [5.74, 6) is -3.19. The van der Waals surface area contributed by atoms with Crippen LogP contribution in [0.15, 0.2) is 41.7 Å². The van der Waals surface area contributed by atoms with E-state index in [1.807, 2.05) is 13.0 Å². The van der Waals surface area contributed by atoms with E-state index in [9.17, 15) is 29.1 Å². The van der Waals surface area contributed by atoms with Crippen molar-refractivity contribution in [2.24, 2.45) is 0 Å². The van der Waals surface area contributed by atoms with Gasteiger partial charge in [0.05, 0.1) is 37.6 Å². The number of methoxy groups -OCH3 is 1. The molecular weight excluding hydrogens is 562 g/mol. The number of aliphatic hydroxyl groups excluding tert-OH is 1. The van der Waals surface area contributed by atoms with Gasteiger partial charge in [-0.25, -0.2) is 4.79 Å². The summed E-state index contributed by atoms with van der Waals surface area (Å²) >= 11 is 0. The molecule has 5 atom stereocenters. The van der Waals surface area contributed by atoms with E-state index >= 15 is 0 Å². The Bertz CT molecular complexity index is 1560. The molecule has 3 heterocycles. The second-order valence-electron chi connectivity index (χ2n) is 11.1. The van der Waals surface area contributed by atoms with Crippen LogP contribution in [0.25, 0.3) is 10.8 Å². The second kappa shape index (κ2) is 11.3. The van der Waals surface area contributed by atoms with E-state index in [1.165, 1.54) is 20.1 Å². The SMILES string of the molecule is COc1cc(C(=O)O[C@H](C(=O)N/C(C(=O)NCC(C)=O)=C2\[C@@H](OC(C)=O)[C@H](O)[C@@H]3CN23)[C@]2(C)CO2)c2cccc(C)c2c1. The lowest BCUT2D eigenvalue weighted by atomic mass is 9.99. The predicted molar refractivity (Wildman–Crippen MR) is 150 cm³/mol. The highest BCUT2D eigenvalue weighted by molar-refractivity contribution is 6.07. The molecule has 2 aromatic rings. The number of rotatable bonds is 10. The Morgan fingerprint density at radius 1 is 1.16 bits per heavy atom. The topological polar surface area (TPSA) is 173 Å². The Hall–Kier alpha value is -4.49. The fourth-order valence-electron chi connectivity index (χ4n) is 5.25. The average molecular weight is 596 g/mol. The van der Waals surface area contributed by atoms with Gasteiger partial charge in [0.15, 0.2) is 6.10 Å². The number of piperidine rings is 1. The van der Waals surface area contributed by atoms with Crippen molar-refractivity contribution in [1.29, 1.82) is 0 Å². The van der Waals surface area contributed by atoms with Crippen molar-refractivity contribution in [3.8, 4) is 5.75 Å². The number of carbonyl (C=O) groups is 5. The zero-order valence-electron chi connectivity index (χ0n) is 24.4. The van der Waals surface area contributed by atoms with Crippen molar-refractivity contribution in [3.05, 3.63) is 52.9 Å². The molecule has 3 aliphatic heterocycles. The van der Waals surface area contributed by atoms with Crippen LogP contribution in [0.2, 0.25) is 0 Å². The highest BCUT2D eigenvalue weighted by Gasteiger charge is 2.59. The number of nitrogens with zero attached hydrogens (tertiary/aromatic N) is 1. The van der Waals surface area contributed by atoms with E-state index in [0.717, 1.165) is 17.9 Å². The first-order valence-electron chi connectivity index (χ1n) is 13.7. The van der Waals surface area contributed by atoms with Crippen molar-refractivity contribution in [2.75, 3.05) is 26.8 Å². The van der Waals surface area contributed by atoms with Gasteiger partial charge in [-0.1, -0.05) is 18.2 Å². The van der Waals surface area contributed by atoms with Gasteiger partial charge in [-0.15, -0.1) is 0 Å². The first-order valence-corrected chi connectivity index (χ1v) is 13.7. The van der Waals surface area contributed by atoms with Crippen molar-refractivity contribution >= 4 is 40.3 Å². The van der Waals surface area contributed by atoms with E-state index in [4.69, 9.17) is 18.9 Å². The maximum atomic E-state index is 13.8. The lowest BCUT2D eigenvalue weighted by molar-refractivity contribution is -0.148. The van der Waals surface area contributed by atoms with Gasteiger partial charge in [-0.05, 0) is 49.2 Å². The number of nitrogens with one attached hydrogen (secondary N) is 2. The van der Waals surface area contributed by atoms with Gasteiger partial charge in [-0.2, -0.15) is 0 Å². The number of hydrogen-bond acceptors (Lipinski definition) is 11. The van der Waals surface area contributed by atoms with Gasteiger partial charge in [-0.3, -0.25) is 19.2 Å². The Kier molecular flexibility index (Phi) is 7.88. The number of amides is 2. The first-order chi connectivity index (χ1) is 20.3. The van der Waals surface area contributed by atoms with Crippen LogP contribution in [-0.2, 0) is 33.4 Å². The second-order valence-corrected chi connectivity index (χ2v) is 11.1.